The number of benzene rings is 2. The minimum atomic E-state index is 0.0143. The molecule has 8 heteroatoms. The van der Waals surface area contributed by atoms with Gasteiger partial charge in [0.15, 0.2) is 11.5 Å². The van der Waals surface area contributed by atoms with Crippen molar-refractivity contribution in [1.29, 1.82) is 0 Å². The summed E-state index contributed by atoms with van der Waals surface area (Å²) in [6, 6.07) is 8.86. The Morgan fingerprint density at radius 3 is 2.76 bits per heavy atom. The third kappa shape index (κ3) is 5.47. The molecule has 0 radical (unpaired) electrons. The van der Waals surface area contributed by atoms with Crippen molar-refractivity contribution in [3.05, 3.63) is 47.2 Å². The first-order valence-corrected chi connectivity index (χ1v) is 9.76. The van der Waals surface area contributed by atoms with Gasteiger partial charge in [-0.05, 0) is 43.0 Å². The van der Waals surface area contributed by atoms with Crippen LogP contribution < -0.4 is 10.1 Å². The number of rotatable bonds is 10. The number of aromatic hydroxyl groups is 1. The molecule has 0 saturated carbocycles. The van der Waals surface area contributed by atoms with Gasteiger partial charge in [-0.3, -0.25) is 0 Å². The van der Waals surface area contributed by atoms with Crippen LogP contribution in [0.2, 0.25) is 5.02 Å². The number of hydrogen-bond donors (Lipinski definition) is 3. The van der Waals surface area contributed by atoms with Crippen LogP contribution in [0.3, 0.4) is 0 Å². The molecule has 3 rings (SSSR count). The second kappa shape index (κ2) is 10.2. The van der Waals surface area contributed by atoms with Crippen LogP contribution in [0.25, 0.3) is 10.9 Å². The van der Waals surface area contributed by atoms with Gasteiger partial charge in [-0.15, -0.1) is 0 Å². The monoisotopic (exact) mass is 417 g/mol. The zero-order valence-electron chi connectivity index (χ0n) is 16.2. The maximum atomic E-state index is 10.1. The van der Waals surface area contributed by atoms with E-state index >= 15 is 0 Å². The summed E-state index contributed by atoms with van der Waals surface area (Å²) in [5, 5.41) is 23.5. The zero-order chi connectivity index (χ0) is 20.6. The number of halogens is 1. The number of methoxy groups -OCH3 is 1. The molecule has 3 aromatic rings. The molecule has 0 aliphatic carbocycles. The smallest absolute Gasteiger partial charge is 0.162 e. The summed E-state index contributed by atoms with van der Waals surface area (Å²) < 4.78 is 10.8. The number of nitrogens with one attached hydrogen (secondary N) is 1. The van der Waals surface area contributed by atoms with Crippen molar-refractivity contribution in [2.24, 2.45) is 0 Å². The predicted octanol–water partition coefficient (Wildman–Crippen LogP) is 4.07. The van der Waals surface area contributed by atoms with Gasteiger partial charge in [-0.2, -0.15) is 0 Å². The Labute approximate surface area is 174 Å². The van der Waals surface area contributed by atoms with Gasteiger partial charge in [-0.25, -0.2) is 9.97 Å². The summed E-state index contributed by atoms with van der Waals surface area (Å²) in [6.45, 7) is 1.36. The van der Waals surface area contributed by atoms with Crippen LogP contribution in [-0.4, -0.2) is 47.1 Å². The van der Waals surface area contributed by atoms with Gasteiger partial charge >= 0.3 is 0 Å². The number of fused-ring (bicyclic) bond motifs is 1. The van der Waals surface area contributed by atoms with Crippen molar-refractivity contribution in [2.75, 3.05) is 32.2 Å². The number of aromatic nitrogens is 2. The number of nitrogens with zero attached hydrogens (tertiary/aromatic N) is 2. The highest BCUT2D eigenvalue weighted by molar-refractivity contribution is 6.30. The first-order chi connectivity index (χ1) is 14.1. The van der Waals surface area contributed by atoms with E-state index in [0.29, 0.717) is 47.1 Å². The molecule has 0 fully saturated rings. The third-order valence-corrected chi connectivity index (χ3v) is 4.71. The maximum absolute atomic E-state index is 10.1. The van der Waals surface area contributed by atoms with E-state index in [1.54, 1.807) is 12.1 Å². The lowest BCUT2D eigenvalue weighted by molar-refractivity contribution is 0.128. The molecule has 7 nitrogen and oxygen atoms in total. The lowest BCUT2D eigenvalue weighted by Crippen LogP contribution is -2.04. The number of aliphatic hydroxyl groups is 1. The first-order valence-electron chi connectivity index (χ1n) is 9.38. The average molecular weight is 418 g/mol. The van der Waals surface area contributed by atoms with Crippen LogP contribution >= 0.6 is 11.6 Å². The van der Waals surface area contributed by atoms with Crippen molar-refractivity contribution >= 4 is 34.0 Å². The summed E-state index contributed by atoms with van der Waals surface area (Å²) in [5.41, 5.74) is 2.49. The average Bonchev–Trinajstić information content (AvgIpc) is 2.72. The molecule has 2 aromatic carbocycles. The van der Waals surface area contributed by atoms with E-state index in [1.807, 2.05) is 18.2 Å². The summed E-state index contributed by atoms with van der Waals surface area (Å²) in [7, 11) is 1.49. The highest BCUT2D eigenvalue weighted by Gasteiger charge is 2.12. The Morgan fingerprint density at radius 2 is 1.97 bits per heavy atom. The van der Waals surface area contributed by atoms with E-state index in [2.05, 4.69) is 15.3 Å². The third-order valence-electron chi connectivity index (χ3n) is 4.47. The molecule has 0 unspecified atom stereocenters. The molecular formula is C21H24ClN3O4. The number of phenols is 1. The van der Waals surface area contributed by atoms with Crippen LogP contribution in [0, 0.1) is 0 Å². The molecule has 0 saturated heterocycles. The molecule has 0 amide bonds. The first kappa shape index (κ1) is 21.1. The van der Waals surface area contributed by atoms with E-state index in [9.17, 15) is 5.11 Å². The van der Waals surface area contributed by atoms with Crippen LogP contribution in [-0.2, 0) is 11.2 Å². The van der Waals surface area contributed by atoms with Crippen molar-refractivity contribution in [3.63, 3.8) is 0 Å². The fourth-order valence-corrected chi connectivity index (χ4v) is 3.12. The van der Waals surface area contributed by atoms with E-state index in [1.165, 1.54) is 13.4 Å². The zero-order valence-corrected chi connectivity index (χ0v) is 16.9. The number of hydrogen-bond acceptors (Lipinski definition) is 7. The molecule has 0 spiro atoms. The molecule has 0 atom stereocenters. The Balaban J connectivity index is 1.81. The molecule has 29 heavy (non-hydrogen) atoms. The number of aliphatic hydroxyl groups excluding tert-OH is 1. The van der Waals surface area contributed by atoms with E-state index in [-0.39, 0.29) is 12.4 Å². The number of anilines is 2. The van der Waals surface area contributed by atoms with Gasteiger partial charge in [0.25, 0.3) is 0 Å². The second-order valence-corrected chi connectivity index (χ2v) is 6.92. The summed E-state index contributed by atoms with van der Waals surface area (Å²) in [6.07, 6.45) is 3.73. The van der Waals surface area contributed by atoms with Crippen molar-refractivity contribution in [2.45, 2.75) is 19.3 Å². The summed E-state index contributed by atoms with van der Waals surface area (Å²) >= 11 is 6.20. The van der Waals surface area contributed by atoms with E-state index in [0.717, 1.165) is 24.1 Å². The fraction of sp³-hybridized carbons (Fsp3) is 0.333. The Morgan fingerprint density at radius 1 is 1.10 bits per heavy atom. The summed E-state index contributed by atoms with van der Waals surface area (Å²) in [5.74, 6) is 0.921. The maximum Gasteiger partial charge on any atom is 0.162 e. The normalized spacial score (nSPS) is 11.0. The van der Waals surface area contributed by atoms with E-state index in [4.69, 9.17) is 26.2 Å². The van der Waals surface area contributed by atoms with Gasteiger partial charge < -0.3 is 25.0 Å². The van der Waals surface area contributed by atoms with Gasteiger partial charge in [0, 0.05) is 35.4 Å². The molecule has 0 aliphatic rings. The molecule has 1 aromatic heterocycles. The molecule has 154 valence electrons. The summed E-state index contributed by atoms with van der Waals surface area (Å²) in [4.78, 5) is 8.58. The fourth-order valence-electron chi connectivity index (χ4n) is 2.95. The van der Waals surface area contributed by atoms with Crippen LogP contribution in [0.15, 0.2) is 36.7 Å². The lowest BCUT2D eigenvalue weighted by atomic mass is 10.1. The SMILES string of the molecule is COc1cc2ncnc(Nc3cc(Cl)ccc3CCOCCCCO)c2cc1O. The molecule has 0 bridgehead atoms. The van der Waals surface area contributed by atoms with Gasteiger partial charge in [0.05, 0.1) is 19.2 Å². The lowest BCUT2D eigenvalue weighted by Gasteiger charge is -2.14. The predicted molar refractivity (Wildman–Crippen MR) is 113 cm³/mol. The highest BCUT2D eigenvalue weighted by Crippen LogP contribution is 2.34. The molecule has 3 N–H and O–H groups in total. The Hall–Kier alpha value is -2.61. The Kier molecular flexibility index (Phi) is 7.46. The van der Waals surface area contributed by atoms with Gasteiger partial charge in [0.2, 0.25) is 0 Å². The van der Waals surface area contributed by atoms with Crippen LogP contribution in [0.1, 0.15) is 18.4 Å². The van der Waals surface area contributed by atoms with Gasteiger partial charge in [-0.1, -0.05) is 17.7 Å². The van der Waals surface area contributed by atoms with Crippen LogP contribution in [0.4, 0.5) is 11.5 Å². The highest BCUT2D eigenvalue weighted by atomic mass is 35.5. The van der Waals surface area contributed by atoms with Crippen molar-refractivity contribution in [3.8, 4) is 11.5 Å². The molecule has 0 aliphatic heterocycles. The number of phenolic OH excluding ortho intramolecular Hbond substituents is 1. The minimum absolute atomic E-state index is 0.0143. The number of unbranched alkanes of at least 4 members (excludes halogenated alkanes) is 1. The Bertz CT molecular complexity index is 968. The standard InChI is InChI=1S/C21H24ClN3O4/c1-28-20-12-18-16(11-19(20)27)21(24-13-23-18)25-17-10-15(22)5-4-14(17)6-9-29-8-3-2-7-26/h4-5,10-13,26-27H,2-3,6-9H2,1H3,(H,23,24,25). The molecular weight excluding hydrogens is 394 g/mol. The quantitative estimate of drug-likeness (QED) is 0.428. The minimum Gasteiger partial charge on any atom is -0.504 e. The topological polar surface area (TPSA) is 96.7 Å². The van der Waals surface area contributed by atoms with E-state index < -0.39 is 0 Å². The molecule has 1 heterocycles. The van der Waals surface area contributed by atoms with Crippen molar-refractivity contribution in [1.82, 2.24) is 9.97 Å². The second-order valence-electron chi connectivity index (χ2n) is 6.48. The number of ether oxygens (including phenoxy) is 2. The van der Waals surface area contributed by atoms with Crippen molar-refractivity contribution < 1.29 is 19.7 Å². The van der Waals surface area contributed by atoms with Crippen LogP contribution in [0.5, 0.6) is 11.5 Å². The van der Waals surface area contributed by atoms with Gasteiger partial charge in [0.1, 0.15) is 12.1 Å². The largest absolute Gasteiger partial charge is 0.504 e.